The van der Waals surface area contributed by atoms with Gasteiger partial charge in [0.15, 0.2) is 0 Å². The number of aliphatic hydroxyl groups is 1. The van der Waals surface area contributed by atoms with Crippen molar-refractivity contribution in [1.29, 1.82) is 0 Å². The van der Waals surface area contributed by atoms with E-state index in [9.17, 15) is 0 Å². The molecule has 2 rings (SSSR count). The van der Waals surface area contributed by atoms with Crippen molar-refractivity contribution in [3.63, 3.8) is 0 Å². The Morgan fingerprint density at radius 3 is 2.30 bits per heavy atom. The number of nitrogens with zero attached hydrogens (tertiary/aromatic N) is 1. The molecule has 1 saturated carbocycles. The molecule has 3 nitrogen and oxygen atoms in total. The Hall–Kier alpha value is -0.900. The topological polar surface area (TPSA) is 49.5 Å². The van der Waals surface area contributed by atoms with Crippen LogP contribution in [0.15, 0.2) is 24.3 Å². The van der Waals surface area contributed by atoms with Gasteiger partial charge in [-0.25, -0.2) is 0 Å². The van der Waals surface area contributed by atoms with E-state index in [2.05, 4.69) is 17.0 Å². The second-order valence-corrected chi connectivity index (χ2v) is 5.88. The van der Waals surface area contributed by atoms with Crippen LogP contribution in [0.4, 0.5) is 0 Å². The third kappa shape index (κ3) is 4.58. The highest BCUT2D eigenvalue weighted by atomic mass is 16.3. The van der Waals surface area contributed by atoms with Crippen LogP contribution in [0.2, 0.25) is 0 Å². The Balaban J connectivity index is 1.97. The summed E-state index contributed by atoms with van der Waals surface area (Å²) < 4.78 is 0. The first-order chi connectivity index (χ1) is 9.83. The molecule has 1 aliphatic rings. The lowest BCUT2D eigenvalue weighted by molar-refractivity contribution is 0.147. The average molecular weight is 276 g/mol. The highest BCUT2D eigenvalue weighted by Crippen LogP contribution is 2.24. The summed E-state index contributed by atoms with van der Waals surface area (Å²) in [6.07, 6.45) is 7.87. The molecule has 3 heteroatoms. The quantitative estimate of drug-likeness (QED) is 0.805. The summed E-state index contributed by atoms with van der Waals surface area (Å²) in [4.78, 5) is 2.61. The molecule has 0 heterocycles. The molecular formula is C17H28N2O. The van der Waals surface area contributed by atoms with E-state index in [0.717, 1.165) is 37.7 Å². The standard InChI is InChI=1S/C17H28N2O/c18-11-4-12-19(17-5-2-1-3-6-17)13-15-7-9-16(14-20)10-8-15/h7-10,17,20H,1-6,11-14,18H2. The molecule has 0 atom stereocenters. The second-order valence-electron chi connectivity index (χ2n) is 5.88. The monoisotopic (exact) mass is 276 g/mol. The predicted molar refractivity (Wildman–Crippen MR) is 83.3 cm³/mol. The summed E-state index contributed by atoms with van der Waals surface area (Å²) in [5, 5.41) is 9.11. The number of rotatable bonds is 7. The normalized spacial score (nSPS) is 16.8. The van der Waals surface area contributed by atoms with Crippen molar-refractivity contribution in [3.8, 4) is 0 Å². The molecule has 0 aromatic heterocycles. The van der Waals surface area contributed by atoms with Crippen LogP contribution in [-0.4, -0.2) is 29.1 Å². The minimum atomic E-state index is 0.125. The first-order valence-electron chi connectivity index (χ1n) is 7.96. The van der Waals surface area contributed by atoms with E-state index < -0.39 is 0 Å². The SMILES string of the molecule is NCCCN(Cc1ccc(CO)cc1)C1CCCCC1. The maximum atomic E-state index is 9.11. The predicted octanol–water partition coefficient (Wildman–Crippen LogP) is 2.66. The summed E-state index contributed by atoms with van der Waals surface area (Å²) in [5.41, 5.74) is 8.01. The third-order valence-corrected chi connectivity index (χ3v) is 4.33. The maximum Gasteiger partial charge on any atom is 0.0681 e. The van der Waals surface area contributed by atoms with E-state index in [1.54, 1.807) is 0 Å². The van der Waals surface area contributed by atoms with Gasteiger partial charge in [-0.2, -0.15) is 0 Å². The Morgan fingerprint density at radius 2 is 1.70 bits per heavy atom. The second kappa shape index (κ2) is 8.40. The Kier molecular flexibility index (Phi) is 6.51. The largest absolute Gasteiger partial charge is 0.392 e. The molecular weight excluding hydrogens is 248 g/mol. The van der Waals surface area contributed by atoms with Crippen molar-refractivity contribution >= 4 is 0 Å². The molecule has 0 bridgehead atoms. The van der Waals surface area contributed by atoms with Gasteiger partial charge in [0.2, 0.25) is 0 Å². The van der Waals surface area contributed by atoms with Crippen molar-refractivity contribution in [1.82, 2.24) is 4.90 Å². The van der Waals surface area contributed by atoms with Crippen molar-refractivity contribution < 1.29 is 5.11 Å². The van der Waals surface area contributed by atoms with E-state index in [-0.39, 0.29) is 6.61 Å². The van der Waals surface area contributed by atoms with Gasteiger partial charge in [-0.3, -0.25) is 4.90 Å². The minimum Gasteiger partial charge on any atom is -0.392 e. The van der Waals surface area contributed by atoms with E-state index in [1.165, 1.54) is 37.7 Å². The molecule has 0 saturated heterocycles. The van der Waals surface area contributed by atoms with Crippen LogP contribution in [0.5, 0.6) is 0 Å². The van der Waals surface area contributed by atoms with Crippen LogP contribution < -0.4 is 5.73 Å². The molecule has 1 aliphatic carbocycles. The van der Waals surface area contributed by atoms with E-state index >= 15 is 0 Å². The first-order valence-corrected chi connectivity index (χ1v) is 7.96. The summed E-state index contributed by atoms with van der Waals surface area (Å²) in [5.74, 6) is 0. The van der Waals surface area contributed by atoms with Crippen molar-refractivity contribution in [2.45, 2.75) is 57.7 Å². The molecule has 0 spiro atoms. The zero-order valence-electron chi connectivity index (χ0n) is 12.4. The zero-order chi connectivity index (χ0) is 14.2. The van der Waals surface area contributed by atoms with Crippen LogP contribution in [0.3, 0.4) is 0 Å². The van der Waals surface area contributed by atoms with E-state index in [0.29, 0.717) is 0 Å². The fourth-order valence-electron chi connectivity index (χ4n) is 3.12. The fourth-order valence-corrected chi connectivity index (χ4v) is 3.12. The molecule has 3 N–H and O–H groups in total. The van der Waals surface area contributed by atoms with Gasteiger partial charge in [0.05, 0.1) is 6.61 Å². The van der Waals surface area contributed by atoms with Crippen molar-refractivity contribution in [2.24, 2.45) is 5.73 Å². The molecule has 0 unspecified atom stereocenters. The number of hydrogen-bond acceptors (Lipinski definition) is 3. The lowest BCUT2D eigenvalue weighted by Gasteiger charge is -2.34. The molecule has 0 aliphatic heterocycles. The first kappa shape index (κ1) is 15.5. The number of aliphatic hydroxyl groups excluding tert-OH is 1. The van der Waals surface area contributed by atoms with Crippen molar-refractivity contribution in [3.05, 3.63) is 35.4 Å². The van der Waals surface area contributed by atoms with Crippen LogP contribution >= 0.6 is 0 Å². The molecule has 0 amide bonds. The minimum absolute atomic E-state index is 0.125. The third-order valence-electron chi connectivity index (χ3n) is 4.33. The van der Waals surface area contributed by atoms with Crippen LogP contribution in [0.25, 0.3) is 0 Å². The lowest BCUT2D eigenvalue weighted by Crippen LogP contribution is -2.37. The van der Waals surface area contributed by atoms with Gasteiger partial charge in [0, 0.05) is 12.6 Å². The number of nitrogens with two attached hydrogens (primary N) is 1. The molecule has 1 fully saturated rings. The van der Waals surface area contributed by atoms with Gasteiger partial charge in [-0.05, 0) is 43.5 Å². The van der Waals surface area contributed by atoms with E-state index in [1.807, 2.05) is 12.1 Å². The molecule has 112 valence electrons. The molecule has 1 aromatic rings. The van der Waals surface area contributed by atoms with Crippen molar-refractivity contribution in [2.75, 3.05) is 13.1 Å². The highest BCUT2D eigenvalue weighted by molar-refractivity contribution is 5.22. The average Bonchev–Trinajstić information content (AvgIpc) is 2.53. The fraction of sp³-hybridized carbons (Fsp3) is 0.647. The van der Waals surface area contributed by atoms with Crippen LogP contribution in [0.1, 0.15) is 49.7 Å². The van der Waals surface area contributed by atoms with Gasteiger partial charge < -0.3 is 10.8 Å². The smallest absolute Gasteiger partial charge is 0.0681 e. The Morgan fingerprint density at radius 1 is 1.05 bits per heavy atom. The van der Waals surface area contributed by atoms with Crippen LogP contribution in [0, 0.1) is 0 Å². The Labute approximate surface area is 122 Å². The maximum absolute atomic E-state index is 9.11. The summed E-state index contributed by atoms with van der Waals surface area (Å²) >= 11 is 0. The summed E-state index contributed by atoms with van der Waals surface area (Å²) in [6, 6.07) is 9.07. The number of hydrogen-bond donors (Lipinski definition) is 2. The highest BCUT2D eigenvalue weighted by Gasteiger charge is 2.20. The van der Waals surface area contributed by atoms with Crippen LogP contribution in [-0.2, 0) is 13.2 Å². The van der Waals surface area contributed by atoms with E-state index in [4.69, 9.17) is 10.8 Å². The Bertz CT molecular complexity index is 371. The summed E-state index contributed by atoms with van der Waals surface area (Å²) in [7, 11) is 0. The van der Waals surface area contributed by atoms with Gasteiger partial charge in [0.25, 0.3) is 0 Å². The van der Waals surface area contributed by atoms with Gasteiger partial charge in [0.1, 0.15) is 0 Å². The van der Waals surface area contributed by atoms with Gasteiger partial charge in [-0.15, -0.1) is 0 Å². The zero-order valence-corrected chi connectivity index (χ0v) is 12.4. The molecule has 20 heavy (non-hydrogen) atoms. The van der Waals surface area contributed by atoms with Gasteiger partial charge >= 0.3 is 0 Å². The summed E-state index contributed by atoms with van der Waals surface area (Å²) in [6.45, 7) is 3.01. The molecule has 1 aromatic carbocycles. The van der Waals surface area contributed by atoms with Gasteiger partial charge in [-0.1, -0.05) is 43.5 Å². The number of benzene rings is 1. The lowest BCUT2D eigenvalue weighted by atomic mass is 9.93. The molecule has 0 radical (unpaired) electrons.